The molecule has 2 rings (SSSR count). The molecule has 1 aromatic heterocycles. The van der Waals surface area contributed by atoms with E-state index in [9.17, 15) is 0 Å². The lowest BCUT2D eigenvalue weighted by Crippen LogP contribution is -2.36. The van der Waals surface area contributed by atoms with Crippen molar-refractivity contribution >= 4 is 41.3 Å². The molecule has 0 bridgehead atoms. The predicted molar refractivity (Wildman–Crippen MR) is 120 cm³/mol. The van der Waals surface area contributed by atoms with Crippen molar-refractivity contribution in [1.82, 2.24) is 10.6 Å². The average molecular weight is 489 g/mol. The smallest absolute Gasteiger partial charge is 0.191 e. The number of nitrogens with zero attached hydrogens (tertiary/aromatic N) is 1. The van der Waals surface area contributed by atoms with Crippen LogP contribution in [0.1, 0.15) is 29.2 Å². The summed E-state index contributed by atoms with van der Waals surface area (Å²) in [6.07, 6.45) is 1.08. The third-order valence-corrected chi connectivity index (χ3v) is 4.94. The monoisotopic (exact) mass is 489 g/mol. The highest BCUT2D eigenvalue weighted by atomic mass is 127. The van der Waals surface area contributed by atoms with E-state index < -0.39 is 0 Å². The van der Waals surface area contributed by atoms with Gasteiger partial charge in [0.05, 0.1) is 20.3 Å². The van der Waals surface area contributed by atoms with E-state index in [1.807, 2.05) is 36.5 Å². The van der Waals surface area contributed by atoms with Crippen molar-refractivity contribution in [2.24, 2.45) is 4.99 Å². The molecule has 0 saturated carbocycles. The largest absolute Gasteiger partial charge is 0.493 e. The Bertz CT molecular complexity index is 704. The summed E-state index contributed by atoms with van der Waals surface area (Å²) in [5, 5.41) is 6.68. The van der Waals surface area contributed by atoms with Crippen LogP contribution in [0.4, 0.5) is 0 Å². The number of hydrogen-bond acceptors (Lipinski definition) is 4. The summed E-state index contributed by atoms with van der Waals surface area (Å²) < 4.78 is 10.9. The second kappa shape index (κ2) is 12.0. The summed E-state index contributed by atoms with van der Waals surface area (Å²) in [5.41, 5.74) is 1.11. The first-order valence-corrected chi connectivity index (χ1v) is 9.33. The number of halogens is 1. The van der Waals surface area contributed by atoms with E-state index in [1.165, 1.54) is 9.75 Å². The van der Waals surface area contributed by atoms with Gasteiger partial charge in [-0.3, -0.25) is 4.99 Å². The maximum Gasteiger partial charge on any atom is 0.191 e. The molecule has 144 valence electrons. The molecule has 26 heavy (non-hydrogen) atoms. The van der Waals surface area contributed by atoms with Gasteiger partial charge in [-0.05, 0) is 43.2 Å². The van der Waals surface area contributed by atoms with Gasteiger partial charge in [0, 0.05) is 23.3 Å². The average Bonchev–Trinajstić information content (AvgIpc) is 3.10. The molecule has 1 aromatic carbocycles. The molecule has 7 heteroatoms. The van der Waals surface area contributed by atoms with Gasteiger partial charge in [0.1, 0.15) is 0 Å². The first kappa shape index (κ1) is 22.6. The summed E-state index contributed by atoms with van der Waals surface area (Å²) in [5.74, 6) is 2.29. The maximum absolute atomic E-state index is 5.62. The number of aliphatic imine (C=N–C) groups is 1. The number of benzene rings is 1. The van der Waals surface area contributed by atoms with Crippen LogP contribution in [0.25, 0.3) is 0 Å². The Morgan fingerprint density at radius 1 is 1.04 bits per heavy atom. The number of nitrogens with one attached hydrogen (secondary N) is 2. The Morgan fingerprint density at radius 2 is 1.77 bits per heavy atom. The van der Waals surface area contributed by atoms with Crippen molar-refractivity contribution in [3.8, 4) is 11.5 Å². The Hall–Kier alpha value is -1.48. The van der Waals surface area contributed by atoms with Gasteiger partial charge in [0.25, 0.3) is 0 Å². The Balaban J connectivity index is 0.00000338. The zero-order valence-corrected chi connectivity index (χ0v) is 18.9. The molecule has 0 spiro atoms. The summed E-state index contributed by atoms with van der Waals surface area (Å²) in [6.45, 7) is 6.18. The van der Waals surface area contributed by atoms with Crippen molar-refractivity contribution in [2.45, 2.75) is 33.4 Å². The molecule has 5 nitrogen and oxygen atoms in total. The van der Waals surface area contributed by atoms with Crippen LogP contribution in [-0.2, 0) is 19.5 Å². The van der Waals surface area contributed by atoms with Crippen LogP contribution >= 0.6 is 35.3 Å². The molecular weight excluding hydrogens is 461 g/mol. The second-order valence-electron chi connectivity index (χ2n) is 5.42. The molecule has 2 aromatic rings. The highest BCUT2D eigenvalue weighted by molar-refractivity contribution is 14.0. The van der Waals surface area contributed by atoms with Gasteiger partial charge >= 0.3 is 0 Å². The molecule has 0 unspecified atom stereocenters. The van der Waals surface area contributed by atoms with E-state index in [1.54, 1.807) is 14.2 Å². The molecule has 0 fully saturated rings. The molecule has 0 atom stereocenters. The summed E-state index contributed by atoms with van der Waals surface area (Å²) in [4.78, 5) is 6.99. The van der Waals surface area contributed by atoms with Crippen molar-refractivity contribution in [3.05, 3.63) is 45.6 Å². The Morgan fingerprint density at radius 3 is 2.38 bits per heavy atom. The van der Waals surface area contributed by atoms with E-state index in [0.29, 0.717) is 13.2 Å². The molecule has 0 amide bonds. The molecule has 0 saturated heterocycles. The lowest BCUT2D eigenvalue weighted by molar-refractivity contribution is 0.310. The molecule has 2 N–H and O–H groups in total. The fourth-order valence-corrected chi connectivity index (χ4v) is 3.28. The maximum atomic E-state index is 5.62. The number of methoxy groups -OCH3 is 1. The number of rotatable bonds is 8. The standard InChI is InChI=1S/C19H27N3O2S.HI/c1-5-15-8-9-16(25-15)13-22-19(20-3)21-12-14-7-10-17(23-4)18(11-14)24-6-2;/h7-11H,5-6,12-13H2,1-4H3,(H2,20,21,22);1H. The summed E-state index contributed by atoms with van der Waals surface area (Å²) in [7, 11) is 3.43. The second-order valence-corrected chi connectivity index (χ2v) is 6.67. The van der Waals surface area contributed by atoms with Crippen molar-refractivity contribution in [2.75, 3.05) is 20.8 Å². The Kier molecular flexibility index (Phi) is 10.4. The third-order valence-electron chi connectivity index (χ3n) is 3.71. The van der Waals surface area contributed by atoms with E-state index in [4.69, 9.17) is 9.47 Å². The number of aryl methyl sites for hydroxylation is 1. The number of ether oxygens (including phenoxy) is 2. The lowest BCUT2D eigenvalue weighted by atomic mass is 10.2. The van der Waals surface area contributed by atoms with Crippen LogP contribution in [-0.4, -0.2) is 26.7 Å². The van der Waals surface area contributed by atoms with E-state index in [2.05, 4.69) is 34.7 Å². The molecule has 1 heterocycles. The summed E-state index contributed by atoms with van der Waals surface area (Å²) >= 11 is 1.84. The number of thiophene rings is 1. The molecule has 0 radical (unpaired) electrons. The van der Waals surface area contributed by atoms with Crippen molar-refractivity contribution in [1.29, 1.82) is 0 Å². The number of guanidine groups is 1. The third kappa shape index (κ3) is 6.68. The minimum absolute atomic E-state index is 0. The van der Waals surface area contributed by atoms with Crippen LogP contribution in [0.3, 0.4) is 0 Å². The van der Waals surface area contributed by atoms with Gasteiger partial charge in [0.2, 0.25) is 0 Å². The van der Waals surface area contributed by atoms with Crippen molar-refractivity contribution < 1.29 is 9.47 Å². The molecule has 0 aliphatic carbocycles. The zero-order valence-electron chi connectivity index (χ0n) is 15.8. The van der Waals surface area contributed by atoms with Gasteiger partial charge in [-0.2, -0.15) is 0 Å². The van der Waals surface area contributed by atoms with Crippen LogP contribution in [0.2, 0.25) is 0 Å². The quantitative estimate of drug-likeness (QED) is 0.332. The molecule has 0 aliphatic heterocycles. The summed E-state index contributed by atoms with van der Waals surface area (Å²) in [6, 6.07) is 10.3. The van der Waals surface area contributed by atoms with E-state index in [-0.39, 0.29) is 24.0 Å². The highest BCUT2D eigenvalue weighted by Gasteiger charge is 2.06. The van der Waals surface area contributed by atoms with Crippen molar-refractivity contribution in [3.63, 3.8) is 0 Å². The van der Waals surface area contributed by atoms with E-state index in [0.717, 1.165) is 36.0 Å². The Labute approximate surface area is 177 Å². The fourth-order valence-electron chi connectivity index (χ4n) is 2.38. The van der Waals surface area contributed by atoms with Crippen LogP contribution < -0.4 is 20.1 Å². The first-order valence-electron chi connectivity index (χ1n) is 8.51. The molecule has 0 aliphatic rings. The zero-order chi connectivity index (χ0) is 18.1. The normalized spacial score (nSPS) is 10.8. The van der Waals surface area contributed by atoms with Gasteiger partial charge < -0.3 is 20.1 Å². The fraction of sp³-hybridized carbons (Fsp3) is 0.421. The van der Waals surface area contributed by atoms with Crippen LogP contribution in [0.5, 0.6) is 11.5 Å². The molecular formula is C19H28IN3O2S. The minimum atomic E-state index is 0. The lowest BCUT2D eigenvalue weighted by Gasteiger charge is -2.14. The van der Waals surface area contributed by atoms with Gasteiger partial charge in [-0.25, -0.2) is 0 Å². The van der Waals surface area contributed by atoms with Gasteiger partial charge in [-0.15, -0.1) is 35.3 Å². The van der Waals surface area contributed by atoms with Crippen LogP contribution in [0, 0.1) is 0 Å². The highest BCUT2D eigenvalue weighted by Crippen LogP contribution is 2.27. The van der Waals surface area contributed by atoms with Gasteiger partial charge in [0.15, 0.2) is 17.5 Å². The predicted octanol–water partition coefficient (Wildman–Crippen LogP) is 4.20. The van der Waals surface area contributed by atoms with E-state index >= 15 is 0 Å². The topological polar surface area (TPSA) is 54.9 Å². The first-order chi connectivity index (χ1) is 12.2. The van der Waals surface area contributed by atoms with Crippen LogP contribution in [0.15, 0.2) is 35.3 Å². The SMILES string of the molecule is CCOc1cc(CNC(=NC)NCc2ccc(CC)s2)ccc1OC.I. The minimum Gasteiger partial charge on any atom is -0.493 e. The van der Waals surface area contributed by atoms with Gasteiger partial charge in [-0.1, -0.05) is 13.0 Å². The number of hydrogen-bond donors (Lipinski definition) is 2.